The number of fused-ring (bicyclic) bond motifs is 1. The maximum Gasteiger partial charge on any atom is 0.130 e. The second-order valence-corrected chi connectivity index (χ2v) is 6.37. The summed E-state index contributed by atoms with van der Waals surface area (Å²) >= 11 is 15.4. The van der Waals surface area contributed by atoms with Crippen molar-refractivity contribution in [2.45, 2.75) is 12.5 Å². The average molecular weight is 306 g/mol. The van der Waals surface area contributed by atoms with Crippen LogP contribution in [0.15, 0.2) is 6.07 Å². The summed E-state index contributed by atoms with van der Waals surface area (Å²) in [5, 5.41) is 4.64. The lowest BCUT2D eigenvalue weighted by molar-refractivity contribution is 0.814. The molecule has 17 heavy (non-hydrogen) atoms. The fraction of sp³-hybridized carbons (Fsp3) is 0.400. The minimum absolute atomic E-state index is 0.462. The van der Waals surface area contributed by atoms with Crippen LogP contribution >= 0.6 is 46.7 Å². The van der Waals surface area contributed by atoms with Gasteiger partial charge in [-0.1, -0.05) is 23.2 Å². The zero-order chi connectivity index (χ0) is 11.8. The molecule has 1 aromatic heterocycles. The predicted octanol–water partition coefficient (Wildman–Crippen LogP) is 3.92. The van der Waals surface area contributed by atoms with Crippen LogP contribution in [0.25, 0.3) is 11.0 Å². The Labute approximate surface area is 117 Å². The quantitative estimate of drug-likeness (QED) is 0.912. The number of hydrogen-bond acceptors (Lipinski definition) is 5. The van der Waals surface area contributed by atoms with Gasteiger partial charge in [0.1, 0.15) is 11.0 Å². The van der Waals surface area contributed by atoms with Crippen LogP contribution in [-0.2, 0) is 0 Å². The maximum atomic E-state index is 6.23. The highest BCUT2D eigenvalue weighted by Crippen LogP contribution is 2.36. The normalized spacial score (nSPS) is 20.0. The van der Waals surface area contributed by atoms with E-state index in [0.717, 1.165) is 40.6 Å². The lowest BCUT2D eigenvalue weighted by Gasteiger charge is -2.14. The first-order chi connectivity index (χ1) is 8.25. The third-order valence-corrected chi connectivity index (χ3v) is 5.00. The fourth-order valence-electron chi connectivity index (χ4n) is 1.86. The third-order valence-electron chi connectivity index (χ3n) is 2.72. The zero-order valence-corrected chi connectivity index (χ0v) is 11.9. The van der Waals surface area contributed by atoms with Gasteiger partial charge in [0.25, 0.3) is 0 Å². The molecule has 1 aliphatic rings. The number of thioether (sulfide) groups is 1. The van der Waals surface area contributed by atoms with Gasteiger partial charge in [-0.3, -0.25) is 0 Å². The highest BCUT2D eigenvalue weighted by molar-refractivity contribution is 7.99. The highest BCUT2D eigenvalue weighted by atomic mass is 35.5. The second-order valence-electron chi connectivity index (χ2n) is 3.88. The van der Waals surface area contributed by atoms with E-state index in [1.807, 2.05) is 11.8 Å². The van der Waals surface area contributed by atoms with Crippen LogP contribution in [0.4, 0.5) is 5.69 Å². The van der Waals surface area contributed by atoms with Crippen molar-refractivity contribution in [1.82, 2.24) is 8.75 Å². The summed E-state index contributed by atoms with van der Waals surface area (Å²) in [5.41, 5.74) is 2.38. The van der Waals surface area contributed by atoms with Gasteiger partial charge in [0.15, 0.2) is 0 Å². The van der Waals surface area contributed by atoms with Gasteiger partial charge in [0, 0.05) is 11.8 Å². The Balaban J connectivity index is 2.04. The van der Waals surface area contributed by atoms with Gasteiger partial charge >= 0.3 is 0 Å². The maximum absolute atomic E-state index is 6.23. The molecule has 90 valence electrons. The molecule has 0 saturated carbocycles. The van der Waals surface area contributed by atoms with Crippen LogP contribution in [-0.4, -0.2) is 26.3 Å². The van der Waals surface area contributed by atoms with E-state index >= 15 is 0 Å². The monoisotopic (exact) mass is 305 g/mol. The minimum atomic E-state index is 0.462. The molecule has 1 saturated heterocycles. The SMILES string of the molecule is Clc1cc(Cl)c2nsnc2c1NC1CCSC1. The smallest absolute Gasteiger partial charge is 0.130 e. The van der Waals surface area contributed by atoms with Crippen LogP contribution in [0.5, 0.6) is 0 Å². The van der Waals surface area contributed by atoms with Gasteiger partial charge < -0.3 is 5.32 Å². The minimum Gasteiger partial charge on any atom is -0.378 e. The summed E-state index contributed by atoms with van der Waals surface area (Å²) in [7, 11) is 0. The molecule has 2 heterocycles. The van der Waals surface area contributed by atoms with Crippen molar-refractivity contribution in [3.05, 3.63) is 16.1 Å². The standard InChI is InChI=1S/C10H9Cl2N3S2/c11-6-3-7(12)9-10(15-17-14-9)8(6)13-5-1-2-16-4-5/h3,5,13H,1-2,4H2. The molecule has 3 rings (SSSR count). The molecular formula is C10H9Cl2N3S2. The predicted molar refractivity (Wildman–Crippen MR) is 76.8 cm³/mol. The molecule has 1 fully saturated rings. The van der Waals surface area contributed by atoms with E-state index in [1.165, 1.54) is 5.75 Å². The summed E-state index contributed by atoms with van der Waals surface area (Å²) in [6.45, 7) is 0. The number of nitrogens with zero attached hydrogens (tertiary/aromatic N) is 2. The van der Waals surface area contributed by atoms with E-state index in [4.69, 9.17) is 23.2 Å². The van der Waals surface area contributed by atoms with Crippen molar-refractivity contribution >= 4 is 63.4 Å². The number of anilines is 1. The first-order valence-electron chi connectivity index (χ1n) is 5.20. The van der Waals surface area contributed by atoms with Crippen LogP contribution in [0.1, 0.15) is 6.42 Å². The lowest BCUT2D eigenvalue weighted by Crippen LogP contribution is -2.18. The van der Waals surface area contributed by atoms with E-state index in [9.17, 15) is 0 Å². The number of aromatic nitrogens is 2. The van der Waals surface area contributed by atoms with E-state index in [1.54, 1.807) is 6.07 Å². The van der Waals surface area contributed by atoms with E-state index in [2.05, 4.69) is 14.1 Å². The molecule has 0 amide bonds. The molecule has 0 aliphatic carbocycles. The van der Waals surface area contributed by atoms with Crippen molar-refractivity contribution in [1.29, 1.82) is 0 Å². The van der Waals surface area contributed by atoms with Gasteiger partial charge in [-0.2, -0.15) is 20.5 Å². The molecule has 3 nitrogen and oxygen atoms in total. The molecule has 7 heteroatoms. The average Bonchev–Trinajstić information content (AvgIpc) is 2.95. The van der Waals surface area contributed by atoms with Crippen molar-refractivity contribution in [3.63, 3.8) is 0 Å². The highest BCUT2D eigenvalue weighted by Gasteiger charge is 2.20. The molecule has 2 aromatic rings. The molecule has 0 radical (unpaired) electrons. The van der Waals surface area contributed by atoms with Crippen LogP contribution in [0.3, 0.4) is 0 Å². The van der Waals surface area contributed by atoms with Gasteiger partial charge in [0.05, 0.1) is 27.5 Å². The Hall–Kier alpha value is -0.230. The summed E-state index contributed by atoms with van der Waals surface area (Å²) in [6, 6.07) is 2.20. The molecule has 1 N–H and O–H groups in total. The number of rotatable bonds is 2. The summed E-state index contributed by atoms with van der Waals surface area (Å²) in [4.78, 5) is 0. The Bertz CT molecular complexity index is 552. The Morgan fingerprint density at radius 3 is 2.82 bits per heavy atom. The van der Waals surface area contributed by atoms with Crippen LogP contribution in [0.2, 0.25) is 10.0 Å². The number of nitrogens with one attached hydrogen (secondary N) is 1. The Morgan fingerprint density at radius 2 is 2.06 bits per heavy atom. The van der Waals surface area contributed by atoms with Gasteiger partial charge in [-0.15, -0.1) is 0 Å². The third kappa shape index (κ3) is 2.21. The molecule has 0 bridgehead atoms. The van der Waals surface area contributed by atoms with Crippen LogP contribution in [0, 0.1) is 0 Å². The lowest BCUT2D eigenvalue weighted by atomic mass is 10.2. The number of benzene rings is 1. The first-order valence-corrected chi connectivity index (χ1v) is 7.84. The number of hydrogen-bond donors (Lipinski definition) is 1. The fourth-order valence-corrected chi connectivity index (χ4v) is 4.18. The van der Waals surface area contributed by atoms with Crippen molar-refractivity contribution in [3.8, 4) is 0 Å². The van der Waals surface area contributed by atoms with E-state index < -0.39 is 0 Å². The molecule has 1 unspecified atom stereocenters. The summed E-state index contributed by atoms with van der Waals surface area (Å²) in [6.07, 6.45) is 1.16. The number of halogens is 2. The second kappa shape index (κ2) is 4.80. The molecule has 1 aromatic carbocycles. The Morgan fingerprint density at radius 1 is 1.24 bits per heavy atom. The van der Waals surface area contributed by atoms with Crippen molar-refractivity contribution < 1.29 is 0 Å². The topological polar surface area (TPSA) is 37.8 Å². The molecule has 1 atom stereocenters. The van der Waals surface area contributed by atoms with Crippen molar-refractivity contribution in [2.24, 2.45) is 0 Å². The van der Waals surface area contributed by atoms with Gasteiger partial charge in [0.2, 0.25) is 0 Å². The van der Waals surface area contributed by atoms with E-state index in [-0.39, 0.29) is 0 Å². The summed E-state index contributed by atoms with van der Waals surface area (Å²) < 4.78 is 8.46. The Kier molecular flexibility index (Phi) is 3.34. The van der Waals surface area contributed by atoms with Gasteiger partial charge in [-0.05, 0) is 18.2 Å². The first kappa shape index (κ1) is 11.8. The molecule has 1 aliphatic heterocycles. The van der Waals surface area contributed by atoms with Gasteiger partial charge in [-0.25, -0.2) is 0 Å². The summed E-state index contributed by atoms with van der Waals surface area (Å²) in [5.74, 6) is 2.30. The van der Waals surface area contributed by atoms with Crippen molar-refractivity contribution in [2.75, 3.05) is 16.8 Å². The largest absolute Gasteiger partial charge is 0.378 e. The zero-order valence-electron chi connectivity index (χ0n) is 8.74. The molecule has 0 spiro atoms. The van der Waals surface area contributed by atoms with Crippen LogP contribution < -0.4 is 5.32 Å². The van der Waals surface area contributed by atoms with E-state index in [0.29, 0.717) is 16.1 Å². The molecular weight excluding hydrogens is 297 g/mol.